The number of nitrogens with zero attached hydrogens (tertiary/aromatic N) is 1. The standard InChI is InChI=1S/C9H18N2/c1-4-8(2)7-11-9(3)5-6-10/h8-9,11H,4-5,7H2,1-3H3. The number of hydrogen-bond donors (Lipinski definition) is 1. The molecule has 11 heavy (non-hydrogen) atoms. The maximum absolute atomic E-state index is 8.37. The fourth-order valence-electron chi connectivity index (χ4n) is 0.756. The summed E-state index contributed by atoms with van der Waals surface area (Å²) in [6.07, 6.45) is 1.81. The Morgan fingerprint density at radius 2 is 2.09 bits per heavy atom. The van der Waals surface area contributed by atoms with Crippen molar-refractivity contribution >= 4 is 0 Å². The molecule has 0 saturated carbocycles. The van der Waals surface area contributed by atoms with Crippen molar-refractivity contribution in [1.29, 1.82) is 5.26 Å². The van der Waals surface area contributed by atoms with E-state index in [-0.39, 0.29) is 0 Å². The first-order chi connectivity index (χ1) is 5.20. The normalized spacial score (nSPS) is 15.5. The Balaban J connectivity index is 3.31. The first-order valence-corrected chi connectivity index (χ1v) is 4.31. The lowest BCUT2D eigenvalue weighted by atomic mass is 10.1. The second-order valence-electron chi connectivity index (χ2n) is 3.18. The number of nitriles is 1. The van der Waals surface area contributed by atoms with Crippen LogP contribution in [0.4, 0.5) is 0 Å². The summed E-state index contributed by atoms with van der Waals surface area (Å²) in [5.41, 5.74) is 0. The summed E-state index contributed by atoms with van der Waals surface area (Å²) in [4.78, 5) is 0. The summed E-state index contributed by atoms with van der Waals surface area (Å²) < 4.78 is 0. The first-order valence-electron chi connectivity index (χ1n) is 4.31. The molecule has 2 atom stereocenters. The zero-order valence-corrected chi connectivity index (χ0v) is 7.72. The number of hydrogen-bond acceptors (Lipinski definition) is 2. The van der Waals surface area contributed by atoms with Crippen molar-refractivity contribution < 1.29 is 0 Å². The maximum atomic E-state index is 8.37. The van der Waals surface area contributed by atoms with Crippen LogP contribution < -0.4 is 5.32 Å². The minimum absolute atomic E-state index is 0.342. The van der Waals surface area contributed by atoms with Gasteiger partial charge in [-0.2, -0.15) is 5.26 Å². The largest absolute Gasteiger partial charge is 0.313 e. The Hall–Kier alpha value is -0.550. The summed E-state index contributed by atoms with van der Waals surface area (Å²) in [5.74, 6) is 0.719. The summed E-state index contributed by atoms with van der Waals surface area (Å²) in [6, 6.07) is 2.49. The molecular formula is C9H18N2. The van der Waals surface area contributed by atoms with Gasteiger partial charge in [-0.05, 0) is 19.4 Å². The van der Waals surface area contributed by atoms with Crippen LogP contribution in [0.1, 0.15) is 33.6 Å². The molecule has 0 heterocycles. The second kappa shape index (κ2) is 6.18. The molecular weight excluding hydrogens is 136 g/mol. The summed E-state index contributed by atoms with van der Waals surface area (Å²) in [6.45, 7) is 7.47. The van der Waals surface area contributed by atoms with Gasteiger partial charge in [-0.3, -0.25) is 0 Å². The van der Waals surface area contributed by atoms with Gasteiger partial charge < -0.3 is 5.32 Å². The molecule has 0 aromatic carbocycles. The third-order valence-corrected chi connectivity index (χ3v) is 1.91. The van der Waals surface area contributed by atoms with Gasteiger partial charge in [0.1, 0.15) is 0 Å². The Morgan fingerprint density at radius 1 is 1.45 bits per heavy atom. The third kappa shape index (κ3) is 5.87. The highest BCUT2D eigenvalue weighted by Gasteiger charge is 2.02. The van der Waals surface area contributed by atoms with Gasteiger partial charge in [0.2, 0.25) is 0 Å². The molecule has 2 heteroatoms. The van der Waals surface area contributed by atoms with Crippen LogP contribution in [0.5, 0.6) is 0 Å². The molecule has 0 spiro atoms. The number of nitrogens with one attached hydrogen (secondary N) is 1. The van der Waals surface area contributed by atoms with E-state index in [1.807, 2.05) is 6.92 Å². The SMILES string of the molecule is CCC(C)CNC(C)CC#N. The Morgan fingerprint density at radius 3 is 2.55 bits per heavy atom. The fraction of sp³-hybridized carbons (Fsp3) is 0.889. The Kier molecular flexibility index (Phi) is 5.87. The molecule has 0 aliphatic rings. The van der Waals surface area contributed by atoms with Crippen molar-refractivity contribution in [2.75, 3.05) is 6.54 Å². The molecule has 0 radical (unpaired) electrons. The first kappa shape index (κ1) is 10.4. The molecule has 0 amide bonds. The van der Waals surface area contributed by atoms with E-state index >= 15 is 0 Å². The topological polar surface area (TPSA) is 35.8 Å². The van der Waals surface area contributed by atoms with Crippen LogP contribution in [-0.2, 0) is 0 Å². The van der Waals surface area contributed by atoms with Gasteiger partial charge in [-0.25, -0.2) is 0 Å². The van der Waals surface area contributed by atoms with Gasteiger partial charge in [0.05, 0.1) is 12.5 Å². The molecule has 64 valence electrons. The molecule has 1 N–H and O–H groups in total. The Bertz CT molecular complexity index is 126. The summed E-state index contributed by atoms with van der Waals surface area (Å²) >= 11 is 0. The van der Waals surface area contributed by atoms with Crippen LogP contribution in [0.15, 0.2) is 0 Å². The van der Waals surface area contributed by atoms with Gasteiger partial charge in [0, 0.05) is 6.04 Å². The molecule has 0 aromatic heterocycles. The maximum Gasteiger partial charge on any atom is 0.0638 e. The van der Waals surface area contributed by atoms with Gasteiger partial charge in [-0.15, -0.1) is 0 Å². The molecule has 0 aromatic rings. The van der Waals surface area contributed by atoms with Crippen LogP contribution >= 0.6 is 0 Å². The smallest absolute Gasteiger partial charge is 0.0638 e. The predicted molar refractivity (Wildman–Crippen MR) is 47.1 cm³/mol. The highest BCUT2D eigenvalue weighted by atomic mass is 14.9. The summed E-state index contributed by atoms with van der Waals surface area (Å²) in [5, 5.41) is 11.7. The van der Waals surface area contributed by atoms with E-state index in [1.54, 1.807) is 0 Å². The van der Waals surface area contributed by atoms with Crippen molar-refractivity contribution in [3.05, 3.63) is 0 Å². The van der Waals surface area contributed by atoms with Crippen molar-refractivity contribution in [2.24, 2.45) is 5.92 Å². The molecule has 0 bridgehead atoms. The van der Waals surface area contributed by atoms with Gasteiger partial charge in [-0.1, -0.05) is 20.3 Å². The van der Waals surface area contributed by atoms with Crippen molar-refractivity contribution in [3.63, 3.8) is 0 Å². The van der Waals surface area contributed by atoms with E-state index in [0.29, 0.717) is 12.5 Å². The Labute approximate surface area is 69.6 Å². The molecule has 0 fully saturated rings. The van der Waals surface area contributed by atoms with Crippen LogP contribution in [0.2, 0.25) is 0 Å². The number of rotatable bonds is 5. The van der Waals surface area contributed by atoms with Gasteiger partial charge in [0.15, 0.2) is 0 Å². The van der Waals surface area contributed by atoms with E-state index < -0.39 is 0 Å². The van der Waals surface area contributed by atoms with Crippen molar-refractivity contribution in [1.82, 2.24) is 5.32 Å². The van der Waals surface area contributed by atoms with Gasteiger partial charge >= 0.3 is 0 Å². The average Bonchev–Trinajstić information content (AvgIpc) is 2.01. The van der Waals surface area contributed by atoms with Crippen LogP contribution in [-0.4, -0.2) is 12.6 Å². The zero-order chi connectivity index (χ0) is 8.69. The van der Waals surface area contributed by atoms with Crippen LogP contribution in [0.25, 0.3) is 0 Å². The molecule has 0 rings (SSSR count). The summed E-state index contributed by atoms with van der Waals surface area (Å²) in [7, 11) is 0. The lowest BCUT2D eigenvalue weighted by Crippen LogP contribution is -2.29. The van der Waals surface area contributed by atoms with E-state index in [9.17, 15) is 0 Å². The van der Waals surface area contributed by atoms with Crippen LogP contribution in [0.3, 0.4) is 0 Å². The highest BCUT2D eigenvalue weighted by molar-refractivity contribution is 4.77. The fourth-order valence-corrected chi connectivity index (χ4v) is 0.756. The quantitative estimate of drug-likeness (QED) is 0.656. The highest BCUT2D eigenvalue weighted by Crippen LogP contribution is 1.98. The van der Waals surface area contributed by atoms with Gasteiger partial charge in [0.25, 0.3) is 0 Å². The van der Waals surface area contributed by atoms with E-state index in [0.717, 1.165) is 12.5 Å². The van der Waals surface area contributed by atoms with Crippen molar-refractivity contribution in [3.8, 4) is 6.07 Å². The molecule has 0 aliphatic heterocycles. The third-order valence-electron chi connectivity index (χ3n) is 1.91. The monoisotopic (exact) mass is 154 g/mol. The molecule has 2 unspecified atom stereocenters. The predicted octanol–water partition coefficient (Wildman–Crippen LogP) is 1.92. The minimum atomic E-state index is 0.342. The molecule has 2 nitrogen and oxygen atoms in total. The molecule has 0 aliphatic carbocycles. The lowest BCUT2D eigenvalue weighted by Gasteiger charge is -2.13. The average molecular weight is 154 g/mol. The second-order valence-corrected chi connectivity index (χ2v) is 3.18. The van der Waals surface area contributed by atoms with E-state index in [1.165, 1.54) is 6.42 Å². The zero-order valence-electron chi connectivity index (χ0n) is 7.72. The molecule has 0 saturated heterocycles. The van der Waals surface area contributed by atoms with E-state index in [4.69, 9.17) is 5.26 Å². The minimum Gasteiger partial charge on any atom is -0.313 e. The van der Waals surface area contributed by atoms with E-state index in [2.05, 4.69) is 25.2 Å². The van der Waals surface area contributed by atoms with Crippen molar-refractivity contribution in [2.45, 2.75) is 39.7 Å². The van der Waals surface area contributed by atoms with Crippen LogP contribution in [0, 0.1) is 17.2 Å². The lowest BCUT2D eigenvalue weighted by molar-refractivity contribution is 0.456.